The van der Waals surface area contributed by atoms with Gasteiger partial charge in [0.25, 0.3) is 12.0 Å². The molecular formula is C13H19F2N2O2+. The molecule has 0 spiro atoms. The van der Waals surface area contributed by atoms with Crippen LogP contribution in [-0.2, 0) is 11.3 Å². The zero-order valence-electron chi connectivity index (χ0n) is 10.9. The van der Waals surface area contributed by atoms with Crippen LogP contribution in [0.4, 0.5) is 8.78 Å². The van der Waals surface area contributed by atoms with Gasteiger partial charge in [0.05, 0.1) is 0 Å². The number of allylic oxidation sites excluding steroid dienone is 1. The molecule has 4 nitrogen and oxygen atoms in total. The minimum Gasteiger partial charge on any atom is -0.478 e. The van der Waals surface area contributed by atoms with Gasteiger partial charge >= 0.3 is 5.97 Å². The summed E-state index contributed by atoms with van der Waals surface area (Å²) in [6, 6.07) is -1.87. The predicted molar refractivity (Wildman–Crippen MR) is 66.0 cm³/mol. The molecule has 0 amide bonds. The van der Waals surface area contributed by atoms with Gasteiger partial charge in [-0.3, -0.25) is 0 Å². The van der Waals surface area contributed by atoms with Crippen molar-refractivity contribution in [3.63, 3.8) is 0 Å². The molecule has 0 aromatic carbocycles. The Kier molecular flexibility index (Phi) is 5.20. The van der Waals surface area contributed by atoms with Gasteiger partial charge in [0.15, 0.2) is 0 Å². The number of hydrogen-bond donors (Lipinski definition) is 1. The molecular weight excluding hydrogens is 254 g/mol. The van der Waals surface area contributed by atoms with E-state index in [0.717, 1.165) is 4.57 Å². The van der Waals surface area contributed by atoms with Crippen LogP contribution >= 0.6 is 0 Å². The summed E-state index contributed by atoms with van der Waals surface area (Å²) >= 11 is 0. The van der Waals surface area contributed by atoms with E-state index in [1.54, 1.807) is 23.8 Å². The fraction of sp³-hybridized carbons (Fsp3) is 0.538. The first-order valence-electron chi connectivity index (χ1n) is 6.20. The van der Waals surface area contributed by atoms with E-state index in [-0.39, 0.29) is 0 Å². The highest BCUT2D eigenvalue weighted by Gasteiger charge is 2.48. The van der Waals surface area contributed by atoms with E-state index in [0.29, 0.717) is 19.4 Å². The quantitative estimate of drug-likeness (QED) is 0.584. The fourth-order valence-corrected chi connectivity index (χ4v) is 1.90. The van der Waals surface area contributed by atoms with Crippen LogP contribution in [-0.4, -0.2) is 21.6 Å². The maximum atomic E-state index is 14.0. The lowest BCUT2D eigenvalue weighted by Gasteiger charge is -2.20. The lowest BCUT2D eigenvalue weighted by molar-refractivity contribution is -0.686. The molecule has 1 N–H and O–H groups in total. The van der Waals surface area contributed by atoms with Crippen molar-refractivity contribution in [1.29, 1.82) is 0 Å². The molecule has 1 rings (SSSR count). The topological polar surface area (TPSA) is 46.1 Å². The Morgan fingerprint density at radius 1 is 1.63 bits per heavy atom. The first-order valence-corrected chi connectivity index (χ1v) is 6.20. The fourth-order valence-electron chi connectivity index (χ4n) is 1.90. The Bertz CT molecular complexity index is 444. The van der Waals surface area contributed by atoms with Crippen molar-refractivity contribution < 1.29 is 23.2 Å². The van der Waals surface area contributed by atoms with Gasteiger partial charge in [-0.15, -0.1) is 0 Å². The second-order valence-corrected chi connectivity index (χ2v) is 4.45. The summed E-state index contributed by atoms with van der Waals surface area (Å²) in [5.74, 6) is -4.80. The molecule has 1 unspecified atom stereocenters. The number of alkyl halides is 2. The molecule has 0 radical (unpaired) electrons. The Hall–Kier alpha value is -1.72. The highest BCUT2D eigenvalue weighted by atomic mass is 19.3. The SMILES string of the molecule is C=CC[n+]1ccn(C(C(=O)O)C(F)(F)CCCC)c1. The molecule has 1 aromatic rings. The Morgan fingerprint density at radius 3 is 2.84 bits per heavy atom. The average Bonchev–Trinajstić information content (AvgIpc) is 2.74. The third-order valence-corrected chi connectivity index (χ3v) is 2.85. The minimum atomic E-state index is -3.27. The first kappa shape index (κ1) is 15.3. The zero-order valence-corrected chi connectivity index (χ0v) is 10.9. The normalized spacial score (nSPS) is 13.2. The Morgan fingerprint density at radius 2 is 2.32 bits per heavy atom. The molecule has 1 heterocycles. The second kappa shape index (κ2) is 6.45. The van der Waals surface area contributed by atoms with E-state index in [1.807, 2.05) is 0 Å². The van der Waals surface area contributed by atoms with E-state index < -0.39 is 24.4 Å². The number of nitrogens with zero attached hydrogens (tertiary/aromatic N) is 2. The number of aliphatic carboxylic acids is 1. The minimum absolute atomic E-state index is 0.296. The second-order valence-electron chi connectivity index (χ2n) is 4.45. The van der Waals surface area contributed by atoms with Crippen molar-refractivity contribution in [2.45, 2.75) is 44.7 Å². The Balaban J connectivity index is 2.98. The summed E-state index contributed by atoms with van der Waals surface area (Å²) in [6.45, 7) is 5.78. The number of carboxylic acids is 1. The summed E-state index contributed by atoms with van der Waals surface area (Å²) in [6.07, 6.45) is 6.33. The molecule has 0 fully saturated rings. The highest BCUT2D eigenvalue weighted by molar-refractivity contribution is 5.73. The van der Waals surface area contributed by atoms with Gasteiger partial charge in [0, 0.05) is 6.42 Å². The van der Waals surface area contributed by atoms with E-state index in [4.69, 9.17) is 5.11 Å². The predicted octanol–water partition coefficient (Wildman–Crippen LogP) is 2.41. The number of unbranched alkanes of at least 4 members (excludes halogenated alkanes) is 1. The van der Waals surface area contributed by atoms with Gasteiger partial charge in [-0.2, -0.15) is 0 Å². The van der Waals surface area contributed by atoms with E-state index in [9.17, 15) is 13.6 Å². The molecule has 0 saturated carbocycles. The van der Waals surface area contributed by atoms with Gasteiger partial charge in [0.2, 0.25) is 6.33 Å². The van der Waals surface area contributed by atoms with Crippen molar-refractivity contribution in [1.82, 2.24) is 4.57 Å². The summed E-state index contributed by atoms with van der Waals surface area (Å²) < 4.78 is 30.6. The zero-order chi connectivity index (χ0) is 14.5. The summed E-state index contributed by atoms with van der Waals surface area (Å²) in [5, 5.41) is 9.07. The summed E-state index contributed by atoms with van der Waals surface area (Å²) in [4.78, 5) is 11.1. The van der Waals surface area contributed by atoms with Crippen LogP contribution in [0, 0.1) is 0 Å². The summed E-state index contributed by atoms with van der Waals surface area (Å²) in [5.41, 5.74) is 0. The number of aromatic nitrogens is 2. The van der Waals surface area contributed by atoms with Crippen molar-refractivity contribution in [2.24, 2.45) is 0 Å². The van der Waals surface area contributed by atoms with Crippen LogP contribution in [0.1, 0.15) is 32.2 Å². The first-order chi connectivity index (χ1) is 8.92. The molecule has 1 atom stereocenters. The third-order valence-electron chi connectivity index (χ3n) is 2.85. The maximum Gasteiger partial charge on any atom is 0.355 e. The standard InChI is InChI=1S/C13H18F2N2O2/c1-3-5-6-13(14,15)11(12(18)19)17-9-8-16(10-17)7-4-2/h4,8-11H,2-3,5-7H2,1H3/p+1. The number of rotatable bonds is 8. The van der Waals surface area contributed by atoms with Crippen molar-refractivity contribution >= 4 is 5.97 Å². The molecule has 6 heteroatoms. The number of carbonyl (C=O) groups is 1. The maximum absolute atomic E-state index is 14.0. The Labute approximate surface area is 111 Å². The van der Waals surface area contributed by atoms with Crippen LogP contribution in [0.15, 0.2) is 31.4 Å². The van der Waals surface area contributed by atoms with Crippen LogP contribution in [0.2, 0.25) is 0 Å². The number of hydrogen-bond acceptors (Lipinski definition) is 1. The molecule has 106 valence electrons. The molecule has 1 aromatic heterocycles. The van der Waals surface area contributed by atoms with Gasteiger partial charge in [-0.25, -0.2) is 22.7 Å². The van der Waals surface area contributed by atoms with Crippen LogP contribution < -0.4 is 4.57 Å². The molecule has 0 aliphatic rings. The molecule has 0 saturated heterocycles. The molecule has 0 aliphatic carbocycles. The highest BCUT2D eigenvalue weighted by Crippen LogP contribution is 2.34. The lowest BCUT2D eigenvalue weighted by Crippen LogP contribution is -2.38. The van der Waals surface area contributed by atoms with Crippen LogP contribution in [0.5, 0.6) is 0 Å². The van der Waals surface area contributed by atoms with Gasteiger partial charge < -0.3 is 5.11 Å². The van der Waals surface area contributed by atoms with Gasteiger partial charge in [-0.05, 0) is 6.42 Å². The van der Waals surface area contributed by atoms with Crippen molar-refractivity contribution in [3.05, 3.63) is 31.4 Å². The van der Waals surface area contributed by atoms with Gasteiger partial charge in [-0.1, -0.05) is 26.0 Å². The molecule has 19 heavy (non-hydrogen) atoms. The van der Waals surface area contributed by atoms with Crippen molar-refractivity contribution in [3.8, 4) is 0 Å². The number of halogens is 2. The van der Waals surface area contributed by atoms with E-state index in [2.05, 4.69) is 6.58 Å². The van der Waals surface area contributed by atoms with Crippen LogP contribution in [0.25, 0.3) is 0 Å². The monoisotopic (exact) mass is 273 g/mol. The largest absolute Gasteiger partial charge is 0.478 e. The average molecular weight is 273 g/mol. The van der Waals surface area contributed by atoms with Crippen molar-refractivity contribution in [2.75, 3.05) is 0 Å². The molecule has 0 aliphatic heterocycles. The smallest absolute Gasteiger partial charge is 0.355 e. The van der Waals surface area contributed by atoms with Crippen LogP contribution in [0.3, 0.4) is 0 Å². The molecule has 0 bridgehead atoms. The number of imidazole rings is 1. The van der Waals surface area contributed by atoms with E-state index >= 15 is 0 Å². The third kappa shape index (κ3) is 3.87. The lowest BCUT2D eigenvalue weighted by atomic mass is 10.0. The van der Waals surface area contributed by atoms with E-state index in [1.165, 1.54) is 12.5 Å². The van der Waals surface area contributed by atoms with Gasteiger partial charge in [0.1, 0.15) is 18.9 Å². The summed E-state index contributed by atoms with van der Waals surface area (Å²) in [7, 11) is 0. The number of carboxylic acid groups (broad SMARTS) is 1.